The lowest BCUT2D eigenvalue weighted by Gasteiger charge is -2.14. The van der Waals surface area contributed by atoms with E-state index in [0.717, 1.165) is 17.7 Å². The SMILES string of the molecule is Cc1cc(C)c(S(=O)(=O)[O-])c(C)c1.Nc1ccc(C(F)(F)F)c(Cl)[n+]1N. The minimum absolute atomic E-state index is 0.0435. The van der Waals surface area contributed by atoms with Gasteiger partial charge in [0.05, 0.1) is 4.90 Å². The summed E-state index contributed by atoms with van der Waals surface area (Å²) < 4.78 is 69.6. The molecule has 0 fully saturated rings. The van der Waals surface area contributed by atoms with Gasteiger partial charge in [-0.2, -0.15) is 13.2 Å². The standard InChI is InChI=1S/C9H12O3S.C6H5ClF3N3/c1-6-4-7(2)9(8(3)5-6)13(10,11)12;7-5-3(6(8,9)10)1-2-4(11)13(5)12/h4-5H,1-3H3,(H,10,11,12);1-2,11H,12H2. The molecule has 0 unspecified atom stereocenters. The molecule has 144 valence electrons. The van der Waals surface area contributed by atoms with Crippen LogP contribution in [0.5, 0.6) is 0 Å². The van der Waals surface area contributed by atoms with Gasteiger partial charge in [-0.1, -0.05) is 17.7 Å². The Balaban J connectivity index is 0.000000260. The van der Waals surface area contributed by atoms with E-state index in [1.54, 1.807) is 26.0 Å². The Morgan fingerprint density at radius 1 is 1.12 bits per heavy atom. The molecule has 11 heteroatoms. The lowest BCUT2D eigenvalue weighted by Crippen LogP contribution is -2.49. The molecule has 1 aromatic heterocycles. The zero-order valence-electron chi connectivity index (χ0n) is 14.1. The predicted molar refractivity (Wildman–Crippen MR) is 89.8 cm³/mol. The van der Waals surface area contributed by atoms with E-state index in [9.17, 15) is 26.1 Å². The molecule has 0 aliphatic carbocycles. The van der Waals surface area contributed by atoms with E-state index < -0.39 is 27.0 Å². The van der Waals surface area contributed by atoms with Gasteiger partial charge < -0.3 is 4.55 Å². The highest BCUT2D eigenvalue weighted by Crippen LogP contribution is 2.32. The topological polar surface area (TPSA) is 113 Å². The molecule has 0 amide bonds. The lowest BCUT2D eigenvalue weighted by molar-refractivity contribution is -0.622. The van der Waals surface area contributed by atoms with E-state index in [2.05, 4.69) is 0 Å². The Hall–Kier alpha value is -2.04. The Labute approximate surface area is 153 Å². The van der Waals surface area contributed by atoms with Crippen molar-refractivity contribution in [2.45, 2.75) is 31.8 Å². The van der Waals surface area contributed by atoms with Crippen LogP contribution in [0, 0.1) is 20.8 Å². The van der Waals surface area contributed by atoms with Crippen molar-refractivity contribution in [1.29, 1.82) is 0 Å². The molecular weight excluding hydrogens is 395 g/mol. The molecule has 0 saturated carbocycles. The number of nitrogens with zero attached hydrogens (tertiary/aromatic N) is 1. The third kappa shape index (κ3) is 5.23. The summed E-state index contributed by atoms with van der Waals surface area (Å²) >= 11 is 5.32. The monoisotopic (exact) mass is 411 g/mol. The van der Waals surface area contributed by atoms with Crippen molar-refractivity contribution in [1.82, 2.24) is 0 Å². The number of aryl methyl sites for hydroxylation is 3. The maximum atomic E-state index is 12.2. The van der Waals surface area contributed by atoms with Crippen LogP contribution >= 0.6 is 11.6 Å². The van der Waals surface area contributed by atoms with Crippen LogP contribution in [0.25, 0.3) is 0 Å². The van der Waals surface area contributed by atoms with Crippen LogP contribution < -0.4 is 16.3 Å². The van der Waals surface area contributed by atoms with Crippen molar-refractivity contribution in [2.75, 3.05) is 11.6 Å². The maximum Gasteiger partial charge on any atom is 0.421 e. The fourth-order valence-electron chi connectivity index (χ4n) is 2.33. The average molecular weight is 412 g/mol. The lowest BCUT2D eigenvalue weighted by atomic mass is 10.1. The van der Waals surface area contributed by atoms with Crippen LogP contribution in [0.1, 0.15) is 22.3 Å². The number of benzene rings is 1. The van der Waals surface area contributed by atoms with E-state index in [-0.39, 0.29) is 10.7 Å². The van der Waals surface area contributed by atoms with Crippen LogP contribution in [-0.2, 0) is 16.3 Å². The summed E-state index contributed by atoms with van der Waals surface area (Å²) in [6.07, 6.45) is -4.52. The molecule has 2 rings (SSSR count). The second-order valence-electron chi connectivity index (χ2n) is 5.51. The van der Waals surface area contributed by atoms with Crippen molar-refractivity contribution in [3.05, 3.63) is 51.7 Å². The van der Waals surface area contributed by atoms with Gasteiger partial charge in [-0.25, -0.2) is 8.42 Å². The molecule has 0 saturated heterocycles. The Morgan fingerprint density at radius 2 is 1.58 bits per heavy atom. The van der Waals surface area contributed by atoms with Crippen LogP contribution in [0.2, 0.25) is 5.15 Å². The smallest absolute Gasteiger partial charge is 0.421 e. The van der Waals surface area contributed by atoms with Crippen LogP contribution in [0.3, 0.4) is 0 Å². The molecule has 26 heavy (non-hydrogen) atoms. The third-order valence-electron chi connectivity index (χ3n) is 3.29. The number of nitrogen functional groups attached to an aromatic ring is 2. The fourth-order valence-corrected chi connectivity index (χ4v) is 3.51. The zero-order chi connectivity index (χ0) is 20.4. The van der Waals surface area contributed by atoms with E-state index in [0.29, 0.717) is 15.8 Å². The molecule has 1 aromatic carbocycles. The van der Waals surface area contributed by atoms with Crippen molar-refractivity contribution < 1.29 is 30.8 Å². The van der Waals surface area contributed by atoms with Gasteiger partial charge in [0.2, 0.25) is 5.15 Å². The largest absolute Gasteiger partial charge is 0.744 e. The normalized spacial score (nSPS) is 11.7. The first-order valence-electron chi connectivity index (χ1n) is 7.02. The number of rotatable bonds is 1. The number of anilines is 1. The summed E-state index contributed by atoms with van der Waals surface area (Å²) in [6.45, 7) is 5.12. The minimum Gasteiger partial charge on any atom is -0.744 e. The van der Waals surface area contributed by atoms with Crippen molar-refractivity contribution in [2.24, 2.45) is 0 Å². The summed E-state index contributed by atoms with van der Waals surface area (Å²) in [5, 5.41) is -0.632. The summed E-state index contributed by atoms with van der Waals surface area (Å²) in [5.41, 5.74) is 6.21. The summed E-state index contributed by atoms with van der Waals surface area (Å²) in [6, 6.07) is 5.20. The summed E-state index contributed by atoms with van der Waals surface area (Å²) in [5.74, 6) is 5.10. The molecular formula is C15H17ClF3N3O3S. The summed E-state index contributed by atoms with van der Waals surface area (Å²) in [4.78, 5) is -0.0851. The molecule has 0 spiro atoms. The number of pyridine rings is 1. The molecule has 0 aliphatic rings. The van der Waals surface area contributed by atoms with Crippen molar-refractivity contribution >= 4 is 27.5 Å². The van der Waals surface area contributed by atoms with E-state index in [1.165, 1.54) is 0 Å². The van der Waals surface area contributed by atoms with Gasteiger partial charge in [-0.15, -0.1) is 4.68 Å². The number of hydrogen-bond acceptors (Lipinski definition) is 5. The molecule has 0 radical (unpaired) electrons. The van der Waals surface area contributed by atoms with Gasteiger partial charge in [0.15, 0.2) is 0 Å². The van der Waals surface area contributed by atoms with Crippen molar-refractivity contribution in [3.8, 4) is 0 Å². The van der Waals surface area contributed by atoms with Gasteiger partial charge >= 0.3 is 6.18 Å². The Morgan fingerprint density at radius 3 is 1.96 bits per heavy atom. The highest BCUT2D eigenvalue weighted by molar-refractivity contribution is 7.85. The summed E-state index contributed by atoms with van der Waals surface area (Å²) in [7, 11) is -4.33. The Kier molecular flexibility index (Phi) is 6.50. The highest BCUT2D eigenvalue weighted by atomic mass is 35.5. The van der Waals surface area contributed by atoms with Crippen LogP contribution in [0.15, 0.2) is 29.2 Å². The number of nitrogens with two attached hydrogens (primary N) is 2. The number of aromatic nitrogens is 1. The van der Waals surface area contributed by atoms with Crippen LogP contribution in [-0.4, -0.2) is 13.0 Å². The van der Waals surface area contributed by atoms with Crippen LogP contribution in [0.4, 0.5) is 19.0 Å². The second-order valence-corrected chi connectivity index (χ2v) is 7.19. The van der Waals surface area contributed by atoms with Gasteiger partial charge in [-0.3, -0.25) is 11.6 Å². The highest BCUT2D eigenvalue weighted by Gasteiger charge is 2.36. The van der Waals surface area contributed by atoms with Gasteiger partial charge in [0, 0.05) is 6.07 Å². The van der Waals surface area contributed by atoms with E-state index in [4.69, 9.17) is 23.2 Å². The molecule has 2 aromatic rings. The number of alkyl halides is 3. The fraction of sp³-hybridized carbons (Fsp3) is 0.267. The maximum absolute atomic E-state index is 12.2. The van der Waals surface area contributed by atoms with Gasteiger partial charge in [-0.05, 0) is 49.6 Å². The minimum atomic E-state index is -4.52. The number of hydrogen-bond donors (Lipinski definition) is 2. The van der Waals surface area contributed by atoms with E-state index >= 15 is 0 Å². The molecule has 0 atom stereocenters. The average Bonchev–Trinajstić information content (AvgIpc) is 2.41. The number of halogens is 4. The van der Waals surface area contributed by atoms with Gasteiger partial charge in [0.25, 0.3) is 5.82 Å². The Bertz CT molecular complexity index is 909. The predicted octanol–water partition coefficient (Wildman–Crippen LogP) is 2.46. The quantitative estimate of drug-likeness (QED) is 0.324. The van der Waals surface area contributed by atoms with Gasteiger partial charge in [0.1, 0.15) is 15.7 Å². The first-order valence-corrected chi connectivity index (χ1v) is 8.81. The first-order chi connectivity index (χ1) is 11.7. The molecule has 1 heterocycles. The second kappa shape index (κ2) is 7.68. The zero-order valence-corrected chi connectivity index (χ0v) is 15.6. The third-order valence-corrected chi connectivity index (χ3v) is 4.82. The van der Waals surface area contributed by atoms with E-state index in [1.807, 2.05) is 6.92 Å². The molecule has 4 N–H and O–H groups in total. The first kappa shape index (κ1) is 22.0. The molecule has 0 aliphatic heterocycles. The van der Waals surface area contributed by atoms with Crippen molar-refractivity contribution in [3.63, 3.8) is 0 Å². The molecule has 0 bridgehead atoms. The molecule has 6 nitrogen and oxygen atoms in total.